The highest BCUT2D eigenvalue weighted by Gasteiger charge is 2.17. The first-order valence-electron chi connectivity index (χ1n) is 5.13. The maximum absolute atomic E-state index is 13.4. The second-order valence-corrected chi connectivity index (χ2v) is 4.21. The quantitative estimate of drug-likeness (QED) is 0.804. The van der Waals surface area contributed by atoms with Crippen LogP contribution in [0.3, 0.4) is 0 Å². The zero-order chi connectivity index (χ0) is 13.3. The van der Waals surface area contributed by atoms with Gasteiger partial charge in [0.25, 0.3) is 0 Å². The maximum atomic E-state index is 13.4. The molecule has 1 heterocycles. The summed E-state index contributed by atoms with van der Waals surface area (Å²) in [6, 6.07) is 3.09. The number of aromatic nitrogens is 2. The van der Waals surface area contributed by atoms with Crippen LogP contribution >= 0.6 is 11.6 Å². The van der Waals surface area contributed by atoms with Gasteiger partial charge in [0.15, 0.2) is 5.78 Å². The first-order chi connectivity index (χ1) is 8.49. The van der Waals surface area contributed by atoms with Gasteiger partial charge in [0, 0.05) is 19.5 Å². The number of ketones is 1. The number of hydrogen-bond donors (Lipinski definition) is 0. The number of aryl methyl sites for hydroxylation is 1. The predicted molar refractivity (Wildman–Crippen MR) is 62.6 cm³/mol. The molecule has 2 rings (SSSR count). The largest absolute Gasteiger partial charge is 0.292 e. The van der Waals surface area contributed by atoms with Crippen molar-refractivity contribution in [2.75, 3.05) is 0 Å². The van der Waals surface area contributed by atoms with E-state index in [0.717, 1.165) is 12.1 Å². The van der Waals surface area contributed by atoms with Crippen molar-refractivity contribution in [3.63, 3.8) is 0 Å². The molecule has 18 heavy (non-hydrogen) atoms. The summed E-state index contributed by atoms with van der Waals surface area (Å²) in [5.74, 6) is -1.80. The van der Waals surface area contributed by atoms with Crippen LogP contribution in [0.25, 0.3) is 0 Å². The number of carbonyl (C=O) groups excluding carboxylic acids is 1. The van der Waals surface area contributed by atoms with Crippen molar-refractivity contribution in [1.29, 1.82) is 0 Å². The van der Waals surface area contributed by atoms with Crippen molar-refractivity contribution in [1.82, 2.24) is 9.78 Å². The molecular weight excluding hydrogens is 262 g/mol. The molecule has 0 aliphatic rings. The van der Waals surface area contributed by atoms with Crippen molar-refractivity contribution in [3.05, 3.63) is 52.3 Å². The summed E-state index contributed by atoms with van der Waals surface area (Å²) in [6.07, 6.45) is 1.15. The van der Waals surface area contributed by atoms with Crippen LogP contribution in [0.15, 0.2) is 24.4 Å². The van der Waals surface area contributed by atoms with Crippen molar-refractivity contribution in [2.45, 2.75) is 6.42 Å². The smallest absolute Gasteiger partial charge is 0.186 e. The Morgan fingerprint density at radius 1 is 1.44 bits per heavy atom. The van der Waals surface area contributed by atoms with Gasteiger partial charge in [-0.1, -0.05) is 17.7 Å². The molecule has 1 aromatic carbocycles. The van der Waals surface area contributed by atoms with Crippen molar-refractivity contribution in [3.8, 4) is 0 Å². The van der Waals surface area contributed by atoms with Gasteiger partial charge < -0.3 is 0 Å². The van der Waals surface area contributed by atoms with Gasteiger partial charge >= 0.3 is 0 Å². The Hall–Kier alpha value is -1.75. The van der Waals surface area contributed by atoms with E-state index >= 15 is 0 Å². The van der Waals surface area contributed by atoms with Crippen molar-refractivity contribution >= 4 is 17.4 Å². The molecule has 0 unspecified atom stereocenters. The van der Waals surface area contributed by atoms with E-state index in [4.69, 9.17) is 11.6 Å². The summed E-state index contributed by atoms with van der Waals surface area (Å²) in [5, 5.41) is 4.04. The van der Waals surface area contributed by atoms with Crippen LogP contribution in [0.1, 0.15) is 16.1 Å². The van der Waals surface area contributed by atoms with E-state index < -0.39 is 11.6 Å². The van der Waals surface area contributed by atoms with E-state index in [1.165, 1.54) is 16.9 Å². The number of benzene rings is 1. The molecule has 0 fully saturated rings. The van der Waals surface area contributed by atoms with E-state index in [1.54, 1.807) is 7.05 Å². The number of carbonyl (C=O) groups is 1. The number of Topliss-reactive ketones (excluding diaryl/α,β-unsaturated/α-hetero) is 1. The molecule has 0 atom stereocenters. The minimum absolute atomic E-state index is 0.124. The normalized spacial score (nSPS) is 10.7. The lowest BCUT2D eigenvalue weighted by Gasteiger charge is -2.04. The molecule has 0 radical (unpaired) electrons. The highest BCUT2D eigenvalue weighted by atomic mass is 35.5. The molecule has 0 bridgehead atoms. The van der Waals surface area contributed by atoms with Crippen LogP contribution in [0.4, 0.5) is 8.78 Å². The zero-order valence-corrected chi connectivity index (χ0v) is 10.2. The average Bonchev–Trinajstić information content (AvgIpc) is 2.62. The highest BCUT2D eigenvalue weighted by Crippen LogP contribution is 2.18. The lowest BCUT2D eigenvalue weighted by molar-refractivity contribution is 0.0983. The second-order valence-electron chi connectivity index (χ2n) is 3.80. The summed E-state index contributed by atoms with van der Waals surface area (Å²) in [7, 11) is 1.57. The Kier molecular flexibility index (Phi) is 3.43. The molecule has 3 nitrogen and oxygen atoms in total. The fourth-order valence-electron chi connectivity index (χ4n) is 1.65. The molecule has 2 aromatic rings. The summed E-state index contributed by atoms with van der Waals surface area (Å²) >= 11 is 5.81. The number of halogens is 3. The Morgan fingerprint density at radius 3 is 2.72 bits per heavy atom. The molecule has 0 aliphatic heterocycles. The zero-order valence-electron chi connectivity index (χ0n) is 9.45. The van der Waals surface area contributed by atoms with Gasteiger partial charge in [-0.25, -0.2) is 8.78 Å². The summed E-state index contributed by atoms with van der Waals surface area (Å²) in [5.41, 5.74) is 0.332. The monoisotopic (exact) mass is 270 g/mol. The number of hydrogen-bond acceptors (Lipinski definition) is 2. The molecule has 6 heteroatoms. The Morgan fingerprint density at radius 2 is 2.17 bits per heavy atom. The lowest BCUT2D eigenvalue weighted by Crippen LogP contribution is -2.11. The van der Waals surface area contributed by atoms with Crippen molar-refractivity contribution in [2.24, 2.45) is 7.05 Å². The van der Waals surface area contributed by atoms with Gasteiger partial charge in [-0.15, -0.1) is 0 Å². The molecule has 94 valence electrons. The van der Waals surface area contributed by atoms with Gasteiger partial charge in [0.2, 0.25) is 0 Å². The minimum Gasteiger partial charge on any atom is -0.292 e. The van der Waals surface area contributed by atoms with Crippen molar-refractivity contribution < 1.29 is 13.6 Å². The van der Waals surface area contributed by atoms with E-state index in [1.807, 2.05) is 0 Å². The minimum atomic E-state index is -0.748. The SMILES string of the molecule is Cn1ncc(Cl)c1C(=O)Cc1ccc(F)cc1F. The fourth-order valence-corrected chi connectivity index (χ4v) is 1.92. The fraction of sp³-hybridized carbons (Fsp3) is 0.167. The van der Waals surface area contributed by atoms with E-state index in [0.29, 0.717) is 0 Å². The standard InChI is InChI=1S/C12H9ClF2N2O/c1-17-12(9(13)6-16-17)11(18)4-7-2-3-8(14)5-10(7)15/h2-3,5-6H,4H2,1H3. The Balaban J connectivity index is 2.27. The second kappa shape index (κ2) is 4.86. The van der Waals surface area contributed by atoms with Crippen LogP contribution in [-0.2, 0) is 13.5 Å². The van der Waals surface area contributed by atoms with Gasteiger partial charge in [-0.3, -0.25) is 9.48 Å². The third-order valence-corrected chi connectivity index (χ3v) is 2.80. The highest BCUT2D eigenvalue weighted by molar-refractivity contribution is 6.33. The average molecular weight is 271 g/mol. The number of nitrogens with zero attached hydrogens (tertiary/aromatic N) is 2. The van der Waals surface area contributed by atoms with E-state index in [2.05, 4.69) is 5.10 Å². The van der Waals surface area contributed by atoms with Crippen LogP contribution in [0.5, 0.6) is 0 Å². The van der Waals surface area contributed by atoms with Crippen LogP contribution < -0.4 is 0 Å². The van der Waals surface area contributed by atoms with Gasteiger partial charge in [0.05, 0.1) is 11.2 Å². The first kappa shape index (κ1) is 12.7. The third kappa shape index (κ3) is 2.41. The molecule has 0 saturated carbocycles. The van der Waals surface area contributed by atoms with Gasteiger partial charge in [-0.05, 0) is 11.6 Å². The molecule has 0 aliphatic carbocycles. The summed E-state index contributed by atoms with van der Waals surface area (Å²) in [4.78, 5) is 11.9. The van der Waals surface area contributed by atoms with Crippen LogP contribution in [0.2, 0.25) is 5.02 Å². The first-order valence-corrected chi connectivity index (χ1v) is 5.51. The summed E-state index contributed by atoms with van der Waals surface area (Å²) in [6.45, 7) is 0. The molecule has 0 N–H and O–H groups in total. The Labute approximate surface area is 107 Å². The van der Waals surface area contributed by atoms with Gasteiger partial charge in [0.1, 0.15) is 17.3 Å². The molecule has 0 amide bonds. The molecular formula is C12H9ClF2N2O. The Bertz CT molecular complexity index is 591. The predicted octanol–water partition coefficient (Wildman–Crippen LogP) is 2.78. The van der Waals surface area contributed by atoms with E-state index in [-0.39, 0.29) is 28.5 Å². The molecule has 1 aromatic heterocycles. The third-order valence-electron chi connectivity index (χ3n) is 2.52. The number of rotatable bonds is 3. The lowest BCUT2D eigenvalue weighted by atomic mass is 10.1. The van der Waals surface area contributed by atoms with E-state index in [9.17, 15) is 13.6 Å². The topological polar surface area (TPSA) is 34.9 Å². The van der Waals surface area contributed by atoms with Crippen LogP contribution in [0, 0.1) is 11.6 Å². The van der Waals surface area contributed by atoms with Crippen LogP contribution in [-0.4, -0.2) is 15.6 Å². The maximum Gasteiger partial charge on any atom is 0.186 e. The molecule has 0 spiro atoms. The van der Waals surface area contributed by atoms with Gasteiger partial charge in [-0.2, -0.15) is 5.10 Å². The summed E-state index contributed by atoms with van der Waals surface area (Å²) < 4.78 is 27.5. The molecule has 0 saturated heterocycles.